The fraction of sp³-hybridized carbons (Fsp3) is 0.0833. The molecule has 4 rings (SSSR count). The van der Waals surface area contributed by atoms with Crippen LogP contribution in [0.4, 0.5) is 4.39 Å². The molecule has 0 atom stereocenters. The largest absolute Gasteiger partial charge is 0.497 e. The van der Waals surface area contributed by atoms with E-state index in [1.165, 1.54) is 24.5 Å². The van der Waals surface area contributed by atoms with E-state index < -0.39 is 11.8 Å². The molecule has 0 radical (unpaired) electrons. The summed E-state index contributed by atoms with van der Waals surface area (Å²) in [6, 6.07) is 17.5. The number of carboxylic acids is 1. The molecule has 0 amide bonds. The van der Waals surface area contributed by atoms with E-state index in [0.29, 0.717) is 33.1 Å². The summed E-state index contributed by atoms with van der Waals surface area (Å²) >= 11 is 1.34. The van der Waals surface area contributed by atoms with E-state index in [1.54, 1.807) is 29.6 Å². The van der Waals surface area contributed by atoms with Crippen LogP contribution in [0.2, 0.25) is 0 Å². The Morgan fingerprint density at radius 3 is 2.50 bits per heavy atom. The van der Waals surface area contributed by atoms with Gasteiger partial charge in [-0.05, 0) is 41.8 Å². The Bertz CT molecular complexity index is 1250. The van der Waals surface area contributed by atoms with E-state index in [-0.39, 0.29) is 5.56 Å². The van der Waals surface area contributed by atoms with Crippen molar-refractivity contribution in [3.05, 3.63) is 83.0 Å². The fourth-order valence-electron chi connectivity index (χ4n) is 3.32. The summed E-state index contributed by atoms with van der Waals surface area (Å²) < 4.78 is 19.4. The summed E-state index contributed by atoms with van der Waals surface area (Å²) in [4.78, 5) is 16.5. The second-order valence-electron chi connectivity index (χ2n) is 6.76. The number of carbonyl (C=O) groups is 1. The number of aryl methyl sites for hydroxylation is 1. The summed E-state index contributed by atoms with van der Waals surface area (Å²) in [6.45, 7) is 1.95. The maximum absolute atomic E-state index is 14.4. The zero-order valence-corrected chi connectivity index (χ0v) is 17.2. The topological polar surface area (TPSA) is 59.4 Å². The smallest absolute Gasteiger partial charge is 0.336 e. The zero-order chi connectivity index (χ0) is 21.3. The second-order valence-corrected chi connectivity index (χ2v) is 7.62. The molecule has 0 spiro atoms. The molecule has 150 valence electrons. The van der Waals surface area contributed by atoms with Crippen molar-refractivity contribution in [2.45, 2.75) is 6.92 Å². The van der Waals surface area contributed by atoms with Gasteiger partial charge < -0.3 is 9.84 Å². The average molecular weight is 419 g/mol. The van der Waals surface area contributed by atoms with Crippen molar-refractivity contribution >= 4 is 17.3 Å². The normalized spacial score (nSPS) is 10.8. The van der Waals surface area contributed by atoms with Gasteiger partial charge in [0.25, 0.3) is 0 Å². The Labute approximate surface area is 177 Å². The van der Waals surface area contributed by atoms with E-state index in [2.05, 4.69) is 4.98 Å². The number of halogens is 1. The molecule has 3 aromatic carbocycles. The third kappa shape index (κ3) is 3.69. The predicted octanol–water partition coefficient (Wildman–Crippen LogP) is 6.30. The second kappa shape index (κ2) is 8.08. The van der Waals surface area contributed by atoms with Gasteiger partial charge in [-0.25, -0.2) is 14.2 Å². The quantitative estimate of drug-likeness (QED) is 0.412. The highest BCUT2D eigenvalue weighted by Crippen LogP contribution is 2.34. The van der Waals surface area contributed by atoms with Gasteiger partial charge in [0.2, 0.25) is 0 Å². The van der Waals surface area contributed by atoms with Gasteiger partial charge in [0.15, 0.2) is 0 Å². The standard InChI is InChI=1S/C24H18FNO3S/c1-14-5-3-4-6-17(14)18-9-7-15(11-20(18)24(27)28)23-26-22(13-30-23)19-10-8-16(29-2)12-21(19)25/h3-13H,1-2H3,(H,27,28). The van der Waals surface area contributed by atoms with Crippen LogP contribution in [0.25, 0.3) is 33.0 Å². The molecule has 0 aliphatic rings. The Hall–Kier alpha value is -3.51. The third-order valence-electron chi connectivity index (χ3n) is 4.89. The predicted molar refractivity (Wildman–Crippen MR) is 117 cm³/mol. The van der Waals surface area contributed by atoms with Crippen LogP contribution in [0, 0.1) is 12.7 Å². The molecule has 1 aromatic heterocycles. The van der Waals surface area contributed by atoms with Crippen molar-refractivity contribution in [1.29, 1.82) is 0 Å². The molecule has 6 heteroatoms. The molecule has 0 unspecified atom stereocenters. The number of thiazole rings is 1. The summed E-state index contributed by atoms with van der Waals surface area (Å²) in [5.74, 6) is -0.995. The first-order valence-electron chi connectivity index (χ1n) is 9.21. The lowest BCUT2D eigenvalue weighted by atomic mass is 9.94. The van der Waals surface area contributed by atoms with Crippen LogP contribution in [0.5, 0.6) is 5.75 Å². The number of benzene rings is 3. The first-order valence-corrected chi connectivity index (χ1v) is 10.1. The number of nitrogens with zero attached hydrogens (tertiary/aromatic N) is 1. The fourth-order valence-corrected chi connectivity index (χ4v) is 4.14. The summed E-state index contributed by atoms with van der Waals surface area (Å²) in [5.41, 5.74) is 4.27. The van der Waals surface area contributed by atoms with Gasteiger partial charge in [-0.1, -0.05) is 36.4 Å². The number of hydrogen-bond donors (Lipinski definition) is 1. The molecule has 0 bridgehead atoms. The number of rotatable bonds is 5. The highest BCUT2D eigenvalue weighted by Gasteiger charge is 2.17. The number of hydrogen-bond acceptors (Lipinski definition) is 4. The van der Waals surface area contributed by atoms with Crippen LogP contribution in [0.1, 0.15) is 15.9 Å². The maximum atomic E-state index is 14.4. The lowest BCUT2D eigenvalue weighted by Crippen LogP contribution is -2.01. The molecule has 0 aliphatic carbocycles. The Morgan fingerprint density at radius 1 is 1.03 bits per heavy atom. The summed E-state index contributed by atoms with van der Waals surface area (Å²) in [7, 11) is 1.48. The molecule has 4 nitrogen and oxygen atoms in total. The lowest BCUT2D eigenvalue weighted by Gasteiger charge is -2.10. The SMILES string of the molecule is COc1ccc(-c2csc(-c3ccc(-c4ccccc4C)c(C(=O)O)c3)n2)c(F)c1. The minimum Gasteiger partial charge on any atom is -0.497 e. The van der Waals surface area contributed by atoms with Gasteiger partial charge in [-0.15, -0.1) is 11.3 Å². The maximum Gasteiger partial charge on any atom is 0.336 e. The van der Waals surface area contributed by atoms with Crippen LogP contribution in [-0.4, -0.2) is 23.2 Å². The molecule has 4 aromatic rings. The van der Waals surface area contributed by atoms with Crippen molar-refractivity contribution in [2.75, 3.05) is 7.11 Å². The summed E-state index contributed by atoms with van der Waals surface area (Å²) in [5, 5.41) is 12.2. The van der Waals surface area contributed by atoms with Crippen LogP contribution in [0.3, 0.4) is 0 Å². The van der Waals surface area contributed by atoms with Crippen LogP contribution in [0.15, 0.2) is 66.0 Å². The van der Waals surface area contributed by atoms with Crippen LogP contribution < -0.4 is 4.74 Å². The molecule has 0 saturated carbocycles. The lowest BCUT2D eigenvalue weighted by molar-refractivity contribution is 0.0698. The van der Waals surface area contributed by atoms with Gasteiger partial charge >= 0.3 is 5.97 Å². The number of ether oxygens (including phenoxy) is 1. The molecule has 0 aliphatic heterocycles. The van der Waals surface area contributed by atoms with Crippen LogP contribution >= 0.6 is 11.3 Å². The molecule has 1 heterocycles. The van der Waals surface area contributed by atoms with Crippen molar-refractivity contribution in [3.8, 4) is 38.7 Å². The van der Waals surface area contributed by atoms with E-state index in [4.69, 9.17) is 4.74 Å². The van der Waals surface area contributed by atoms with E-state index in [0.717, 1.165) is 11.1 Å². The van der Waals surface area contributed by atoms with E-state index in [9.17, 15) is 14.3 Å². The average Bonchev–Trinajstić information content (AvgIpc) is 3.23. The van der Waals surface area contributed by atoms with Gasteiger partial charge in [0.05, 0.1) is 18.4 Å². The monoisotopic (exact) mass is 419 g/mol. The Morgan fingerprint density at radius 2 is 1.80 bits per heavy atom. The van der Waals surface area contributed by atoms with Crippen molar-refractivity contribution in [2.24, 2.45) is 0 Å². The van der Waals surface area contributed by atoms with E-state index in [1.807, 2.05) is 37.3 Å². The molecule has 0 saturated heterocycles. The van der Waals surface area contributed by atoms with Gasteiger partial charge in [0.1, 0.15) is 16.6 Å². The highest BCUT2D eigenvalue weighted by molar-refractivity contribution is 7.13. The van der Waals surface area contributed by atoms with Crippen LogP contribution in [-0.2, 0) is 0 Å². The zero-order valence-electron chi connectivity index (χ0n) is 16.3. The van der Waals surface area contributed by atoms with Gasteiger partial charge in [0, 0.05) is 22.6 Å². The molecule has 0 fully saturated rings. The summed E-state index contributed by atoms with van der Waals surface area (Å²) in [6.07, 6.45) is 0. The third-order valence-corrected chi connectivity index (χ3v) is 5.78. The van der Waals surface area contributed by atoms with Gasteiger partial charge in [-0.2, -0.15) is 0 Å². The van der Waals surface area contributed by atoms with Crippen molar-refractivity contribution in [3.63, 3.8) is 0 Å². The Balaban J connectivity index is 1.75. The first kappa shape index (κ1) is 19.8. The van der Waals surface area contributed by atoms with Crippen molar-refractivity contribution < 1.29 is 19.0 Å². The number of carboxylic acid groups (broad SMARTS) is 1. The Kier molecular flexibility index (Phi) is 5.33. The molecular weight excluding hydrogens is 401 g/mol. The number of aromatic nitrogens is 1. The first-order chi connectivity index (χ1) is 14.5. The number of methoxy groups -OCH3 is 1. The van der Waals surface area contributed by atoms with Gasteiger partial charge in [-0.3, -0.25) is 0 Å². The minimum absolute atomic E-state index is 0.203. The molecule has 1 N–H and O–H groups in total. The highest BCUT2D eigenvalue weighted by atomic mass is 32.1. The van der Waals surface area contributed by atoms with E-state index >= 15 is 0 Å². The number of aromatic carboxylic acids is 1. The molecule has 30 heavy (non-hydrogen) atoms. The molecular formula is C24H18FNO3S. The minimum atomic E-state index is -1.01. The van der Waals surface area contributed by atoms with Crippen molar-refractivity contribution in [1.82, 2.24) is 4.98 Å².